The molecule has 0 spiro atoms. The highest BCUT2D eigenvalue weighted by Crippen LogP contribution is 2.32. The number of aryl methyl sites for hydroxylation is 1. The van der Waals surface area contributed by atoms with Gasteiger partial charge in [0.05, 0.1) is 5.92 Å². The highest BCUT2D eigenvalue weighted by molar-refractivity contribution is 6.01. The van der Waals surface area contributed by atoms with Crippen LogP contribution in [0.1, 0.15) is 40.2 Å². The molecule has 1 atom stereocenters. The number of ketones is 2. The second kappa shape index (κ2) is 5.41. The fourth-order valence-corrected chi connectivity index (χ4v) is 2.86. The van der Waals surface area contributed by atoms with Crippen molar-refractivity contribution in [2.24, 2.45) is 0 Å². The molecule has 0 radical (unpaired) electrons. The van der Waals surface area contributed by atoms with E-state index in [1.54, 1.807) is 0 Å². The Hall–Kier alpha value is -2.22. The molecule has 0 N–H and O–H groups in total. The van der Waals surface area contributed by atoms with E-state index >= 15 is 0 Å². The molecule has 2 aromatic carbocycles. The SMILES string of the molecule is O=C(C[C@@H]1C(=O)CCc2ccccc21)c1ccccc1. The summed E-state index contributed by atoms with van der Waals surface area (Å²) in [5, 5.41) is 0. The van der Waals surface area contributed by atoms with Crippen LogP contribution in [0.15, 0.2) is 54.6 Å². The van der Waals surface area contributed by atoms with Crippen molar-refractivity contribution in [1.29, 1.82) is 0 Å². The largest absolute Gasteiger partial charge is 0.299 e. The topological polar surface area (TPSA) is 34.1 Å². The fraction of sp³-hybridized carbons (Fsp3) is 0.222. The maximum absolute atomic E-state index is 12.3. The van der Waals surface area contributed by atoms with Gasteiger partial charge >= 0.3 is 0 Å². The summed E-state index contributed by atoms with van der Waals surface area (Å²) in [5.41, 5.74) is 2.93. The van der Waals surface area contributed by atoms with Gasteiger partial charge in [0.15, 0.2) is 5.78 Å². The lowest BCUT2D eigenvalue weighted by atomic mass is 9.79. The average molecular weight is 264 g/mol. The van der Waals surface area contributed by atoms with Crippen LogP contribution in [0.5, 0.6) is 0 Å². The molecule has 2 aromatic rings. The Morgan fingerprint density at radius 1 is 0.950 bits per heavy atom. The Kier molecular flexibility index (Phi) is 3.46. The molecular formula is C18H16O2. The summed E-state index contributed by atoms with van der Waals surface area (Å²) in [6, 6.07) is 17.2. The average Bonchev–Trinajstić information content (AvgIpc) is 2.51. The normalized spacial score (nSPS) is 17.6. The summed E-state index contributed by atoms with van der Waals surface area (Å²) in [7, 11) is 0. The number of benzene rings is 2. The third-order valence-electron chi connectivity index (χ3n) is 3.95. The number of Topliss-reactive ketones (excluding diaryl/α,β-unsaturated/α-hetero) is 2. The molecule has 0 unspecified atom stereocenters. The quantitative estimate of drug-likeness (QED) is 0.794. The van der Waals surface area contributed by atoms with E-state index in [0.29, 0.717) is 12.0 Å². The molecule has 0 saturated heterocycles. The monoisotopic (exact) mass is 264 g/mol. The molecule has 0 saturated carbocycles. The summed E-state index contributed by atoms with van der Waals surface area (Å²) in [4.78, 5) is 24.5. The Bertz CT molecular complexity index is 643. The maximum Gasteiger partial charge on any atom is 0.163 e. The maximum atomic E-state index is 12.3. The zero-order valence-electron chi connectivity index (χ0n) is 11.2. The predicted octanol–water partition coefficient (Wildman–Crippen LogP) is 3.56. The molecule has 0 heterocycles. The first kappa shape index (κ1) is 12.8. The summed E-state index contributed by atoms with van der Waals surface area (Å²) in [6.07, 6.45) is 1.62. The van der Waals surface area contributed by atoms with Crippen LogP contribution in [0.25, 0.3) is 0 Å². The van der Waals surface area contributed by atoms with Crippen molar-refractivity contribution in [2.45, 2.75) is 25.2 Å². The van der Waals surface area contributed by atoms with Crippen LogP contribution >= 0.6 is 0 Å². The van der Waals surface area contributed by atoms with Crippen molar-refractivity contribution in [1.82, 2.24) is 0 Å². The van der Waals surface area contributed by atoms with E-state index < -0.39 is 0 Å². The molecule has 0 amide bonds. The highest BCUT2D eigenvalue weighted by atomic mass is 16.1. The van der Waals surface area contributed by atoms with E-state index in [0.717, 1.165) is 12.0 Å². The second-order valence-electron chi connectivity index (χ2n) is 5.21. The van der Waals surface area contributed by atoms with Crippen LogP contribution in [-0.4, -0.2) is 11.6 Å². The zero-order chi connectivity index (χ0) is 13.9. The molecular weight excluding hydrogens is 248 g/mol. The van der Waals surface area contributed by atoms with Gasteiger partial charge in [-0.05, 0) is 17.5 Å². The third-order valence-corrected chi connectivity index (χ3v) is 3.95. The van der Waals surface area contributed by atoms with E-state index in [2.05, 4.69) is 6.07 Å². The third kappa shape index (κ3) is 2.42. The molecule has 2 nitrogen and oxygen atoms in total. The number of carbonyl (C=O) groups is 2. The van der Waals surface area contributed by atoms with Gasteiger partial charge in [-0.3, -0.25) is 9.59 Å². The van der Waals surface area contributed by atoms with Crippen molar-refractivity contribution in [3.63, 3.8) is 0 Å². The summed E-state index contributed by atoms with van der Waals surface area (Å²) in [5.74, 6) is -0.0405. The molecule has 0 aromatic heterocycles. The number of rotatable bonds is 3. The Morgan fingerprint density at radius 3 is 2.45 bits per heavy atom. The van der Waals surface area contributed by atoms with E-state index in [1.165, 1.54) is 5.56 Å². The number of hydrogen-bond acceptors (Lipinski definition) is 2. The van der Waals surface area contributed by atoms with Gasteiger partial charge in [0, 0.05) is 18.4 Å². The molecule has 1 aliphatic rings. The van der Waals surface area contributed by atoms with Gasteiger partial charge in [-0.1, -0.05) is 54.6 Å². The Labute approximate surface area is 118 Å². The molecule has 0 bridgehead atoms. The minimum atomic E-state index is -0.271. The van der Waals surface area contributed by atoms with E-state index in [-0.39, 0.29) is 23.9 Å². The first-order valence-corrected chi connectivity index (χ1v) is 6.94. The van der Waals surface area contributed by atoms with Crippen molar-refractivity contribution in [3.8, 4) is 0 Å². The van der Waals surface area contributed by atoms with Gasteiger partial charge < -0.3 is 0 Å². The molecule has 3 rings (SSSR count). The second-order valence-corrected chi connectivity index (χ2v) is 5.21. The predicted molar refractivity (Wildman–Crippen MR) is 77.9 cm³/mol. The smallest absolute Gasteiger partial charge is 0.163 e. The lowest BCUT2D eigenvalue weighted by Gasteiger charge is -2.23. The summed E-state index contributed by atoms with van der Waals surface area (Å²) >= 11 is 0. The van der Waals surface area contributed by atoms with Gasteiger partial charge in [0.25, 0.3) is 0 Å². The zero-order valence-corrected chi connectivity index (χ0v) is 11.2. The van der Waals surface area contributed by atoms with Crippen molar-refractivity contribution < 1.29 is 9.59 Å². The van der Waals surface area contributed by atoms with Crippen LogP contribution in [0.4, 0.5) is 0 Å². The fourth-order valence-electron chi connectivity index (χ4n) is 2.86. The molecule has 0 aliphatic heterocycles. The summed E-state index contributed by atoms with van der Waals surface area (Å²) in [6.45, 7) is 0. The first-order chi connectivity index (χ1) is 9.75. The van der Waals surface area contributed by atoms with E-state index in [9.17, 15) is 9.59 Å². The minimum absolute atomic E-state index is 0.0423. The Morgan fingerprint density at radius 2 is 1.65 bits per heavy atom. The lowest BCUT2D eigenvalue weighted by Crippen LogP contribution is -2.23. The molecule has 20 heavy (non-hydrogen) atoms. The van der Waals surface area contributed by atoms with Gasteiger partial charge in [-0.25, -0.2) is 0 Å². The standard InChI is InChI=1S/C18H16O2/c19-17-11-10-13-6-4-5-9-15(13)16(17)12-18(20)14-7-2-1-3-8-14/h1-9,16H,10-12H2/t16-/m0/s1. The van der Waals surface area contributed by atoms with Gasteiger partial charge in [0.2, 0.25) is 0 Å². The van der Waals surface area contributed by atoms with Crippen molar-refractivity contribution in [2.75, 3.05) is 0 Å². The lowest BCUT2D eigenvalue weighted by molar-refractivity contribution is -0.120. The van der Waals surface area contributed by atoms with Gasteiger partial charge in [-0.15, -0.1) is 0 Å². The van der Waals surface area contributed by atoms with Crippen LogP contribution < -0.4 is 0 Å². The highest BCUT2D eigenvalue weighted by Gasteiger charge is 2.29. The van der Waals surface area contributed by atoms with E-state index in [4.69, 9.17) is 0 Å². The molecule has 2 heteroatoms. The van der Waals surface area contributed by atoms with Crippen LogP contribution in [0.3, 0.4) is 0 Å². The van der Waals surface area contributed by atoms with Crippen molar-refractivity contribution >= 4 is 11.6 Å². The van der Waals surface area contributed by atoms with Crippen molar-refractivity contribution in [3.05, 3.63) is 71.3 Å². The van der Waals surface area contributed by atoms with Gasteiger partial charge in [0.1, 0.15) is 5.78 Å². The number of fused-ring (bicyclic) bond motifs is 1. The van der Waals surface area contributed by atoms with E-state index in [1.807, 2.05) is 48.5 Å². The van der Waals surface area contributed by atoms with Crippen LogP contribution in [-0.2, 0) is 11.2 Å². The molecule has 1 aliphatic carbocycles. The number of hydrogen-bond donors (Lipinski definition) is 0. The first-order valence-electron chi connectivity index (χ1n) is 6.94. The van der Waals surface area contributed by atoms with Gasteiger partial charge in [-0.2, -0.15) is 0 Å². The molecule has 0 fully saturated rings. The summed E-state index contributed by atoms with van der Waals surface area (Å²) < 4.78 is 0. The number of carbonyl (C=O) groups excluding carboxylic acids is 2. The van der Waals surface area contributed by atoms with Crippen LogP contribution in [0.2, 0.25) is 0 Å². The minimum Gasteiger partial charge on any atom is -0.299 e. The Balaban J connectivity index is 1.87. The molecule has 100 valence electrons. The van der Waals surface area contributed by atoms with Crippen LogP contribution in [0, 0.1) is 0 Å².